The number of hydrogen-bond donors (Lipinski definition) is 0. The minimum atomic E-state index is -8.35. The summed E-state index contributed by atoms with van der Waals surface area (Å²) in [7, 11) is -5.71. The normalized spacial score (nSPS) is 17.5. The van der Waals surface area contributed by atoms with E-state index in [9.17, 15) is 74.4 Å². The van der Waals surface area contributed by atoms with E-state index in [1.165, 1.54) is 0 Å². The van der Waals surface area contributed by atoms with E-state index in [0.717, 1.165) is 0 Å². The molecule has 0 aliphatic carbocycles. The van der Waals surface area contributed by atoms with Crippen LogP contribution in [0.2, 0.25) is 0 Å². The zero-order chi connectivity index (χ0) is 24.3. The zero-order valence-corrected chi connectivity index (χ0v) is 15.0. The van der Waals surface area contributed by atoms with E-state index in [1.54, 1.807) is 0 Å². The van der Waals surface area contributed by atoms with Gasteiger partial charge in [-0.15, -0.1) is 11.1 Å². The molecule has 1 atom stereocenters. The van der Waals surface area contributed by atoms with Crippen molar-refractivity contribution in [3.63, 3.8) is 0 Å². The van der Waals surface area contributed by atoms with Crippen molar-refractivity contribution in [3.8, 4) is 0 Å². The van der Waals surface area contributed by atoms with Gasteiger partial charge in [-0.05, 0) is 0 Å². The number of hydrogen-bond acceptors (Lipinski definition) is 0. The molecular weight excluding hydrogens is 507 g/mol. The minimum Gasteiger partial charge on any atom is -0.291 e. The van der Waals surface area contributed by atoms with E-state index in [0.29, 0.717) is 0 Å². The maximum absolute atomic E-state index is 13.3. The molecule has 0 aliphatic rings. The molecule has 1 unspecified atom stereocenters. The summed E-state index contributed by atoms with van der Waals surface area (Å²) in [5.74, 6) is -53.7. The Bertz CT molecular complexity index is 592. The van der Waals surface area contributed by atoms with Crippen molar-refractivity contribution < 1.29 is 74.4 Å². The molecule has 176 valence electrons. The topological polar surface area (TPSA) is 0 Å². The summed E-state index contributed by atoms with van der Waals surface area (Å²) in [6, 6.07) is 0. The van der Waals surface area contributed by atoms with Crippen LogP contribution in [0, 0.1) is 0 Å². The van der Waals surface area contributed by atoms with Gasteiger partial charge in [-0.2, -0.15) is 61.5 Å². The van der Waals surface area contributed by atoms with Crippen molar-refractivity contribution in [2.75, 3.05) is 0 Å². The maximum Gasteiger partial charge on any atom is 0.398 e. The van der Waals surface area contributed by atoms with Crippen LogP contribution in [0.25, 0.3) is 0 Å². The van der Waals surface area contributed by atoms with Crippen molar-refractivity contribution in [1.29, 1.82) is 0 Å². The quantitative estimate of drug-likeness (QED) is 0.189. The summed E-state index contributed by atoms with van der Waals surface area (Å²) in [4.78, 5) is 0. The van der Waals surface area contributed by atoms with Crippen molar-refractivity contribution in [1.82, 2.24) is 0 Å². The van der Waals surface area contributed by atoms with Crippen LogP contribution in [0.1, 0.15) is 13.3 Å². The highest BCUT2D eigenvalue weighted by molar-refractivity contribution is 7.04. The van der Waals surface area contributed by atoms with E-state index in [4.69, 9.17) is 0 Å². The van der Waals surface area contributed by atoms with E-state index in [2.05, 4.69) is 11.1 Å². The summed E-state index contributed by atoms with van der Waals surface area (Å²) >= 11 is 4.12. The van der Waals surface area contributed by atoms with Crippen LogP contribution in [0.15, 0.2) is 0 Å². The second-order valence-electron chi connectivity index (χ2n) is 5.70. The summed E-state index contributed by atoms with van der Waals surface area (Å²) in [6.45, 7) is -1.21. The fourth-order valence-electron chi connectivity index (χ4n) is 1.58. The molecule has 19 heteroatoms. The highest BCUT2D eigenvalue weighted by Gasteiger charge is 2.92. The van der Waals surface area contributed by atoms with Crippen LogP contribution < -0.4 is 0 Å². The van der Waals surface area contributed by atoms with Gasteiger partial charge in [0.05, 0.1) is 6.42 Å². The van der Waals surface area contributed by atoms with E-state index in [-0.39, 0.29) is 0 Å². The van der Waals surface area contributed by atoms with Crippen LogP contribution >= 0.6 is 11.1 Å². The average Bonchev–Trinajstić information content (AvgIpc) is 2.43. The Labute approximate surface area is 155 Å². The van der Waals surface area contributed by atoms with Gasteiger partial charge < -0.3 is 0 Å². The Morgan fingerprint density at radius 1 is 0.552 bits per heavy atom. The second-order valence-corrected chi connectivity index (χ2v) is 8.30. The fourth-order valence-corrected chi connectivity index (χ4v) is 2.22. The molecule has 0 aromatic rings. The summed E-state index contributed by atoms with van der Waals surface area (Å²) < 4.78 is 221. The van der Waals surface area contributed by atoms with Crippen molar-refractivity contribution >= 4 is 19.5 Å². The molecule has 0 spiro atoms. The van der Waals surface area contributed by atoms with Gasteiger partial charge in [0.15, 0.2) is 0 Å². The van der Waals surface area contributed by atoms with E-state index in [1.807, 2.05) is 0 Å². The molecule has 0 bridgehead atoms. The number of alkyl halides is 16. The van der Waals surface area contributed by atoms with Gasteiger partial charge in [-0.25, -0.2) is 8.78 Å². The van der Waals surface area contributed by atoms with Gasteiger partial charge in [0.2, 0.25) is 0 Å². The average molecular weight is 513 g/mol. The van der Waals surface area contributed by atoms with Crippen molar-refractivity contribution in [2.24, 2.45) is 0 Å². The van der Waals surface area contributed by atoms with Crippen LogP contribution in [0.3, 0.4) is 0 Å². The molecule has 0 aromatic carbocycles. The largest absolute Gasteiger partial charge is 0.398 e. The van der Waals surface area contributed by atoms with Crippen molar-refractivity contribution in [2.45, 2.75) is 60.3 Å². The molecule has 0 N–H and O–H groups in total. The van der Waals surface area contributed by atoms with E-state index >= 15 is 0 Å². The Morgan fingerprint density at radius 2 is 0.828 bits per heavy atom. The van der Waals surface area contributed by atoms with Crippen LogP contribution in [0.5, 0.6) is 0 Å². The second kappa shape index (κ2) is 7.18. The molecule has 0 saturated heterocycles. The first-order valence-corrected chi connectivity index (χ1v) is 9.22. The third-order valence-electron chi connectivity index (χ3n) is 3.37. The van der Waals surface area contributed by atoms with Crippen LogP contribution in [-0.2, 0) is 0 Å². The molecule has 0 fully saturated rings. The fraction of sp³-hybridized carbons (Fsp3) is 1.00. The van der Waals surface area contributed by atoms with Crippen molar-refractivity contribution in [3.05, 3.63) is 0 Å². The Balaban J connectivity index is 6.50. The lowest BCUT2D eigenvalue weighted by atomic mass is 9.89. The first-order chi connectivity index (χ1) is 12.2. The minimum absolute atomic E-state index is 1.21. The maximum atomic E-state index is 13.3. The van der Waals surface area contributed by atoms with Gasteiger partial charge in [0.25, 0.3) is 5.55 Å². The molecule has 0 heterocycles. The third kappa shape index (κ3) is 4.10. The monoisotopic (exact) mass is 512 g/mol. The summed E-state index contributed by atoms with van der Waals surface area (Å²) in [5, 5.41) is 0. The molecule has 0 rings (SSSR count). The third-order valence-corrected chi connectivity index (χ3v) is 5.17. The van der Waals surface area contributed by atoms with Gasteiger partial charge in [0, 0.05) is 6.92 Å². The molecule has 0 aliphatic heterocycles. The van der Waals surface area contributed by atoms with Gasteiger partial charge >= 0.3 is 49.9 Å². The standard InChI is InChI=1S/C10H6ClF17Si/c1-3(12,13)6(18,19)8(22,23)10(26,27)9(24,25)7(20,21)4(14,15)2-5(16,17)29(11)28/h29H,2H2,1H3. The lowest BCUT2D eigenvalue weighted by Crippen LogP contribution is -2.73. The van der Waals surface area contributed by atoms with Crippen LogP contribution in [0.4, 0.5) is 74.4 Å². The molecule has 0 radical (unpaired) electrons. The number of halogens is 18. The van der Waals surface area contributed by atoms with Gasteiger partial charge in [-0.1, -0.05) is 0 Å². The van der Waals surface area contributed by atoms with E-state index < -0.39 is 68.8 Å². The summed E-state index contributed by atoms with van der Waals surface area (Å²) in [5.41, 5.74) is -5.69. The highest BCUT2D eigenvalue weighted by atomic mass is 35.6. The molecule has 0 amide bonds. The molecule has 29 heavy (non-hydrogen) atoms. The number of rotatable bonds is 9. The molecule has 0 nitrogen and oxygen atoms in total. The first kappa shape index (κ1) is 28.3. The Morgan fingerprint density at radius 3 is 1.10 bits per heavy atom. The van der Waals surface area contributed by atoms with Gasteiger partial charge in [-0.3, -0.25) is 4.11 Å². The van der Waals surface area contributed by atoms with Crippen LogP contribution in [-0.4, -0.2) is 55.4 Å². The smallest absolute Gasteiger partial charge is 0.291 e. The van der Waals surface area contributed by atoms with Gasteiger partial charge in [0.1, 0.15) is 0 Å². The lowest BCUT2D eigenvalue weighted by molar-refractivity contribution is -0.441. The molecule has 0 aromatic heterocycles. The Hall–Kier alpha value is -0.683. The predicted octanol–water partition coefficient (Wildman–Crippen LogP) is 6.45. The zero-order valence-electron chi connectivity index (χ0n) is 13.1. The Kier molecular flexibility index (Phi) is 7.01. The SMILES string of the molecule is CC(F)(F)C(F)(F)C(F)(F)C(F)(F)C(F)(F)C(F)(F)C(F)(F)CC(F)(F)[SiH](F)Cl. The lowest BCUT2D eigenvalue weighted by Gasteiger charge is -2.42. The predicted molar refractivity (Wildman–Crippen MR) is 64.0 cm³/mol. The summed E-state index contributed by atoms with van der Waals surface area (Å²) in [6.07, 6.45) is -4.01. The molecule has 0 saturated carbocycles. The first-order valence-electron chi connectivity index (χ1n) is 6.46. The molecular formula is C10H6ClF17Si. The highest BCUT2D eigenvalue weighted by Crippen LogP contribution is 2.63.